The topological polar surface area (TPSA) is 38.3 Å². The minimum Gasteiger partial charge on any atom is -0.481 e. The highest BCUT2D eigenvalue weighted by Gasteiger charge is 2.15. The zero-order chi connectivity index (χ0) is 19.2. The van der Waals surface area contributed by atoms with Gasteiger partial charge in [-0.25, -0.2) is 0 Å². The number of amides is 1. The van der Waals surface area contributed by atoms with Crippen LogP contribution in [0.4, 0.5) is 0 Å². The second-order valence-electron chi connectivity index (χ2n) is 6.80. The first-order valence-corrected chi connectivity index (χ1v) is 9.64. The molecule has 0 aromatic heterocycles. The van der Waals surface area contributed by atoms with Gasteiger partial charge in [-0.2, -0.15) is 0 Å². The Morgan fingerprint density at radius 3 is 2.44 bits per heavy atom. The van der Waals surface area contributed by atoms with Gasteiger partial charge in [0.25, 0.3) is 5.91 Å². The van der Waals surface area contributed by atoms with Crippen LogP contribution in [0.25, 0.3) is 10.8 Å². The molecule has 1 amide bonds. The van der Waals surface area contributed by atoms with E-state index < -0.39 is 6.10 Å². The third-order valence-corrected chi connectivity index (χ3v) is 4.92. The summed E-state index contributed by atoms with van der Waals surface area (Å²) in [5.74, 6) is 0.602. The molecule has 3 nitrogen and oxygen atoms in total. The largest absolute Gasteiger partial charge is 0.481 e. The van der Waals surface area contributed by atoms with E-state index >= 15 is 0 Å². The average molecular weight is 361 g/mol. The normalized spacial score (nSPS) is 12.0. The highest BCUT2D eigenvalue weighted by Crippen LogP contribution is 2.21. The van der Waals surface area contributed by atoms with Crippen LogP contribution in [-0.4, -0.2) is 12.0 Å². The van der Waals surface area contributed by atoms with E-state index in [0.29, 0.717) is 12.3 Å². The standard InChI is InChI=1S/C24H27NO2/c1-4-18-10-11-19(5-2)22(14-18)16-25-24(26)17(3)27-23-13-12-20-8-6-7-9-21(20)15-23/h6-15,17H,4-5,16H2,1-3H3,(H,25,26). The van der Waals surface area contributed by atoms with Crippen LogP contribution in [0.1, 0.15) is 37.5 Å². The molecule has 0 bridgehead atoms. The van der Waals surface area contributed by atoms with E-state index in [1.165, 1.54) is 16.7 Å². The molecular weight excluding hydrogens is 334 g/mol. The predicted molar refractivity (Wildman–Crippen MR) is 111 cm³/mol. The molecule has 3 rings (SSSR count). The summed E-state index contributed by atoms with van der Waals surface area (Å²) < 4.78 is 5.86. The summed E-state index contributed by atoms with van der Waals surface area (Å²) in [6.45, 7) is 6.59. The molecule has 3 aromatic carbocycles. The Hall–Kier alpha value is -2.81. The number of carbonyl (C=O) groups is 1. The Balaban J connectivity index is 1.63. The summed E-state index contributed by atoms with van der Waals surface area (Å²) in [5.41, 5.74) is 3.75. The van der Waals surface area contributed by atoms with Gasteiger partial charge in [-0.05, 0) is 59.4 Å². The second-order valence-corrected chi connectivity index (χ2v) is 6.80. The molecule has 0 aliphatic heterocycles. The molecule has 0 spiro atoms. The van der Waals surface area contributed by atoms with Gasteiger partial charge >= 0.3 is 0 Å². The Labute approximate surface area is 161 Å². The number of carbonyl (C=O) groups excluding carboxylic acids is 1. The van der Waals surface area contributed by atoms with Crippen LogP contribution in [0.2, 0.25) is 0 Å². The van der Waals surface area contributed by atoms with Gasteiger partial charge in [-0.1, -0.05) is 62.4 Å². The molecule has 0 heterocycles. The summed E-state index contributed by atoms with van der Waals surface area (Å²) >= 11 is 0. The molecule has 0 aliphatic rings. The first-order chi connectivity index (χ1) is 13.1. The van der Waals surface area contributed by atoms with Crippen molar-refractivity contribution in [3.05, 3.63) is 77.4 Å². The first kappa shape index (κ1) is 19.0. The second kappa shape index (κ2) is 8.72. The van der Waals surface area contributed by atoms with E-state index in [0.717, 1.165) is 23.6 Å². The quantitative estimate of drug-likeness (QED) is 0.640. The van der Waals surface area contributed by atoms with Gasteiger partial charge in [-0.15, -0.1) is 0 Å². The van der Waals surface area contributed by atoms with E-state index in [1.807, 2.05) is 36.4 Å². The van der Waals surface area contributed by atoms with Crippen molar-refractivity contribution in [3.8, 4) is 5.75 Å². The molecule has 1 N–H and O–H groups in total. The minimum absolute atomic E-state index is 0.105. The van der Waals surface area contributed by atoms with Crippen LogP contribution in [0.15, 0.2) is 60.7 Å². The lowest BCUT2D eigenvalue weighted by atomic mass is 10.0. The number of nitrogens with one attached hydrogen (secondary N) is 1. The van der Waals surface area contributed by atoms with Crippen LogP contribution < -0.4 is 10.1 Å². The molecular formula is C24H27NO2. The predicted octanol–water partition coefficient (Wildman–Crippen LogP) is 5.05. The molecule has 0 radical (unpaired) electrons. The fourth-order valence-corrected chi connectivity index (χ4v) is 3.23. The van der Waals surface area contributed by atoms with Crippen molar-refractivity contribution in [2.45, 2.75) is 46.3 Å². The van der Waals surface area contributed by atoms with Gasteiger partial charge in [0, 0.05) is 6.54 Å². The SMILES string of the molecule is CCc1ccc(CC)c(CNC(=O)C(C)Oc2ccc3ccccc3c2)c1. The van der Waals surface area contributed by atoms with Crippen molar-refractivity contribution >= 4 is 16.7 Å². The lowest BCUT2D eigenvalue weighted by Gasteiger charge is -2.16. The van der Waals surface area contributed by atoms with Crippen LogP contribution in [0, 0.1) is 0 Å². The Kier molecular flexibility index (Phi) is 6.12. The van der Waals surface area contributed by atoms with Crippen molar-refractivity contribution in [1.82, 2.24) is 5.32 Å². The van der Waals surface area contributed by atoms with Crippen LogP contribution >= 0.6 is 0 Å². The highest BCUT2D eigenvalue weighted by molar-refractivity contribution is 5.84. The fraction of sp³-hybridized carbons (Fsp3) is 0.292. The number of hydrogen-bond acceptors (Lipinski definition) is 2. The van der Waals surface area contributed by atoms with Crippen molar-refractivity contribution in [1.29, 1.82) is 0 Å². The minimum atomic E-state index is -0.550. The molecule has 0 saturated carbocycles. The third-order valence-electron chi connectivity index (χ3n) is 4.92. The van der Waals surface area contributed by atoms with E-state index in [4.69, 9.17) is 4.74 Å². The molecule has 0 fully saturated rings. The molecule has 27 heavy (non-hydrogen) atoms. The smallest absolute Gasteiger partial charge is 0.261 e. The number of benzene rings is 3. The van der Waals surface area contributed by atoms with E-state index in [2.05, 4.69) is 43.4 Å². The van der Waals surface area contributed by atoms with Gasteiger partial charge in [0.05, 0.1) is 0 Å². The maximum atomic E-state index is 12.5. The van der Waals surface area contributed by atoms with Gasteiger partial charge in [0.15, 0.2) is 6.10 Å². The van der Waals surface area contributed by atoms with Crippen molar-refractivity contribution in [3.63, 3.8) is 0 Å². The molecule has 3 heteroatoms. The fourth-order valence-electron chi connectivity index (χ4n) is 3.23. The van der Waals surface area contributed by atoms with Gasteiger partial charge in [0.2, 0.25) is 0 Å². The molecule has 1 unspecified atom stereocenters. The van der Waals surface area contributed by atoms with Gasteiger partial charge in [-0.3, -0.25) is 4.79 Å². The molecule has 3 aromatic rings. The van der Waals surface area contributed by atoms with Crippen molar-refractivity contribution in [2.24, 2.45) is 0 Å². The number of ether oxygens (including phenoxy) is 1. The zero-order valence-electron chi connectivity index (χ0n) is 16.3. The van der Waals surface area contributed by atoms with Gasteiger partial charge in [0.1, 0.15) is 5.75 Å². The van der Waals surface area contributed by atoms with Crippen molar-refractivity contribution < 1.29 is 9.53 Å². The van der Waals surface area contributed by atoms with Crippen LogP contribution in [-0.2, 0) is 24.2 Å². The summed E-state index contributed by atoms with van der Waals surface area (Å²) in [7, 11) is 0. The molecule has 140 valence electrons. The number of fused-ring (bicyclic) bond motifs is 1. The van der Waals surface area contributed by atoms with E-state index in [-0.39, 0.29) is 5.91 Å². The van der Waals surface area contributed by atoms with E-state index in [9.17, 15) is 4.79 Å². The average Bonchev–Trinajstić information content (AvgIpc) is 2.71. The number of rotatable bonds is 7. The molecule has 1 atom stereocenters. The Bertz CT molecular complexity index is 933. The molecule has 0 saturated heterocycles. The first-order valence-electron chi connectivity index (χ1n) is 9.64. The number of hydrogen-bond donors (Lipinski definition) is 1. The Morgan fingerprint density at radius 2 is 1.70 bits per heavy atom. The summed E-state index contributed by atoms with van der Waals surface area (Å²) in [5, 5.41) is 5.28. The maximum Gasteiger partial charge on any atom is 0.261 e. The number of aryl methyl sites for hydroxylation is 2. The third kappa shape index (κ3) is 4.68. The molecule has 0 aliphatic carbocycles. The zero-order valence-corrected chi connectivity index (χ0v) is 16.3. The summed E-state index contributed by atoms with van der Waals surface area (Å²) in [4.78, 5) is 12.5. The maximum absolute atomic E-state index is 12.5. The lowest BCUT2D eigenvalue weighted by Crippen LogP contribution is -2.36. The van der Waals surface area contributed by atoms with Crippen LogP contribution in [0.3, 0.4) is 0 Å². The summed E-state index contributed by atoms with van der Waals surface area (Å²) in [6, 6.07) is 20.5. The monoisotopic (exact) mass is 361 g/mol. The van der Waals surface area contributed by atoms with Crippen LogP contribution in [0.5, 0.6) is 5.75 Å². The Morgan fingerprint density at radius 1 is 0.926 bits per heavy atom. The summed E-state index contributed by atoms with van der Waals surface area (Å²) in [6.07, 6.45) is 1.40. The highest BCUT2D eigenvalue weighted by atomic mass is 16.5. The van der Waals surface area contributed by atoms with Crippen molar-refractivity contribution in [2.75, 3.05) is 0 Å². The van der Waals surface area contributed by atoms with Gasteiger partial charge < -0.3 is 10.1 Å². The van der Waals surface area contributed by atoms with E-state index in [1.54, 1.807) is 6.92 Å². The lowest BCUT2D eigenvalue weighted by molar-refractivity contribution is -0.127.